The fourth-order valence-corrected chi connectivity index (χ4v) is 3.87. The summed E-state index contributed by atoms with van der Waals surface area (Å²) in [5.41, 5.74) is 2.15. The van der Waals surface area contributed by atoms with E-state index in [-0.39, 0.29) is 12.4 Å². The average molecular weight is 490 g/mol. The Morgan fingerprint density at radius 1 is 1.18 bits per heavy atom. The van der Waals surface area contributed by atoms with Gasteiger partial charge in [0.15, 0.2) is 23.3 Å². The van der Waals surface area contributed by atoms with Gasteiger partial charge in [-0.1, -0.05) is 23.7 Å². The number of halogens is 3. The van der Waals surface area contributed by atoms with Gasteiger partial charge in [0.05, 0.1) is 30.2 Å². The molecule has 1 aliphatic heterocycles. The molecule has 0 radical (unpaired) electrons. The zero-order valence-corrected chi connectivity index (χ0v) is 18.4. The number of imidazole rings is 1. The van der Waals surface area contributed by atoms with Crippen LogP contribution in [0.2, 0.25) is 5.02 Å². The second kappa shape index (κ2) is 8.96. The molecule has 3 heterocycles. The molecule has 0 saturated heterocycles. The van der Waals surface area contributed by atoms with Gasteiger partial charge in [0.2, 0.25) is 5.75 Å². The van der Waals surface area contributed by atoms with Gasteiger partial charge in [-0.3, -0.25) is 0 Å². The third-order valence-corrected chi connectivity index (χ3v) is 5.55. The van der Waals surface area contributed by atoms with Crippen LogP contribution in [0.15, 0.2) is 54.9 Å². The summed E-state index contributed by atoms with van der Waals surface area (Å²) in [5.74, 6) is 1.17. The fraction of sp³-hybridized carbons (Fsp3) is 0.217. The normalized spacial score (nSPS) is 16.0. The van der Waals surface area contributed by atoms with E-state index in [9.17, 15) is 13.9 Å². The molecule has 0 saturated carbocycles. The maximum absolute atomic E-state index is 12.4. The second-order valence-electron chi connectivity index (χ2n) is 7.44. The van der Waals surface area contributed by atoms with E-state index in [2.05, 4.69) is 14.8 Å². The van der Waals surface area contributed by atoms with Crippen molar-refractivity contribution in [3.05, 3.63) is 76.7 Å². The molecule has 2 aromatic carbocycles. The van der Waals surface area contributed by atoms with Gasteiger partial charge in [-0.2, -0.15) is 13.9 Å². The number of alkyl halides is 2. The van der Waals surface area contributed by atoms with Gasteiger partial charge in [0.25, 0.3) is 0 Å². The predicted octanol–water partition coefficient (Wildman–Crippen LogP) is 4.59. The van der Waals surface area contributed by atoms with Crippen molar-refractivity contribution in [1.82, 2.24) is 14.6 Å². The highest BCUT2D eigenvalue weighted by Crippen LogP contribution is 2.46. The standard InChI is InChI=1S/C23H18ClF2N3O5/c1-31-17-6-13(21(30)16-10-27-20-8-14(24)9-28-29(16)20)7-18-22(17)34-19(11-32-18)12-2-4-15(5-3-12)33-23(25)26/h2-10,19,21,23,30H,11H2,1H3. The Morgan fingerprint density at radius 2 is 1.97 bits per heavy atom. The van der Waals surface area contributed by atoms with E-state index in [0.29, 0.717) is 44.7 Å². The maximum atomic E-state index is 12.4. The Balaban J connectivity index is 1.42. The zero-order chi connectivity index (χ0) is 23.8. The Labute approximate surface area is 197 Å². The number of hydrogen-bond acceptors (Lipinski definition) is 7. The van der Waals surface area contributed by atoms with Gasteiger partial charge < -0.3 is 24.1 Å². The number of aliphatic hydroxyl groups excluding tert-OH is 1. The lowest BCUT2D eigenvalue weighted by atomic mass is 10.0. The molecule has 0 bridgehead atoms. The smallest absolute Gasteiger partial charge is 0.387 e. The van der Waals surface area contributed by atoms with E-state index < -0.39 is 18.8 Å². The summed E-state index contributed by atoms with van der Waals surface area (Å²) in [6, 6.07) is 11.1. The summed E-state index contributed by atoms with van der Waals surface area (Å²) in [6.45, 7) is -2.73. The van der Waals surface area contributed by atoms with Crippen LogP contribution in [0, 0.1) is 0 Å². The van der Waals surface area contributed by atoms with E-state index in [1.165, 1.54) is 36.2 Å². The first-order valence-corrected chi connectivity index (χ1v) is 10.5. The number of methoxy groups -OCH3 is 1. The van der Waals surface area contributed by atoms with Crippen molar-refractivity contribution < 1.29 is 32.8 Å². The van der Waals surface area contributed by atoms with Crippen molar-refractivity contribution in [3.63, 3.8) is 0 Å². The number of aromatic nitrogens is 3. The lowest BCUT2D eigenvalue weighted by Crippen LogP contribution is -2.22. The van der Waals surface area contributed by atoms with Crippen LogP contribution in [-0.4, -0.2) is 40.0 Å². The number of ether oxygens (including phenoxy) is 4. The minimum absolute atomic E-state index is 0.0521. The van der Waals surface area contributed by atoms with Gasteiger partial charge in [-0.15, -0.1) is 0 Å². The second-order valence-corrected chi connectivity index (χ2v) is 7.88. The first kappa shape index (κ1) is 22.2. The molecule has 1 N–H and O–H groups in total. The monoisotopic (exact) mass is 489 g/mol. The zero-order valence-electron chi connectivity index (χ0n) is 17.7. The number of hydrogen-bond donors (Lipinski definition) is 1. The van der Waals surface area contributed by atoms with Gasteiger partial charge in [-0.25, -0.2) is 9.50 Å². The number of nitrogens with zero attached hydrogens (tertiary/aromatic N) is 3. The van der Waals surface area contributed by atoms with Crippen LogP contribution in [-0.2, 0) is 0 Å². The van der Waals surface area contributed by atoms with Crippen LogP contribution < -0.4 is 18.9 Å². The van der Waals surface area contributed by atoms with Crippen molar-refractivity contribution in [2.75, 3.05) is 13.7 Å². The van der Waals surface area contributed by atoms with Crippen LogP contribution in [0.4, 0.5) is 8.78 Å². The van der Waals surface area contributed by atoms with E-state index in [0.717, 1.165) is 0 Å². The molecule has 2 atom stereocenters. The molecule has 4 aromatic rings. The molecule has 34 heavy (non-hydrogen) atoms. The lowest BCUT2D eigenvalue weighted by molar-refractivity contribution is -0.0498. The summed E-state index contributed by atoms with van der Waals surface area (Å²) in [5, 5.41) is 15.7. The van der Waals surface area contributed by atoms with Crippen molar-refractivity contribution in [1.29, 1.82) is 0 Å². The van der Waals surface area contributed by atoms with Crippen LogP contribution in [0.1, 0.15) is 29.0 Å². The first-order chi connectivity index (χ1) is 16.4. The Kier molecular flexibility index (Phi) is 5.84. The van der Waals surface area contributed by atoms with Crippen molar-refractivity contribution in [2.24, 2.45) is 0 Å². The first-order valence-electron chi connectivity index (χ1n) is 10.2. The third kappa shape index (κ3) is 4.17. The van der Waals surface area contributed by atoms with Crippen molar-refractivity contribution in [3.8, 4) is 23.0 Å². The molecule has 2 aromatic heterocycles. The molecular weight excluding hydrogens is 472 g/mol. The number of benzene rings is 2. The molecule has 0 aliphatic carbocycles. The third-order valence-electron chi connectivity index (χ3n) is 5.34. The minimum atomic E-state index is -2.89. The SMILES string of the molecule is COc1cc(C(O)c2cnc3cc(Cl)cnn23)cc2c1OC(c1ccc(OC(F)F)cc1)CO2. The average Bonchev–Trinajstić information content (AvgIpc) is 3.25. The predicted molar refractivity (Wildman–Crippen MR) is 117 cm³/mol. The Morgan fingerprint density at radius 3 is 2.71 bits per heavy atom. The van der Waals surface area contributed by atoms with Crippen LogP contribution in [0.5, 0.6) is 23.0 Å². The highest BCUT2D eigenvalue weighted by molar-refractivity contribution is 6.30. The summed E-state index contributed by atoms with van der Waals surface area (Å²) in [4.78, 5) is 4.24. The molecule has 5 rings (SSSR count). The van der Waals surface area contributed by atoms with Crippen LogP contribution in [0.3, 0.4) is 0 Å². The molecule has 8 nitrogen and oxygen atoms in total. The number of rotatable bonds is 6. The molecule has 11 heteroatoms. The van der Waals surface area contributed by atoms with Crippen molar-refractivity contribution in [2.45, 2.75) is 18.8 Å². The Hall–Kier alpha value is -3.63. The number of fused-ring (bicyclic) bond motifs is 2. The van der Waals surface area contributed by atoms with Gasteiger partial charge >= 0.3 is 6.61 Å². The highest BCUT2D eigenvalue weighted by atomic mass is 35.5. The summed E-state index contributed by atoms with van der Waals surface area (Å²) in [7, 11) is 1.48. The Bertz CT molecular complexity index is 1320. The topological polar surface area (TPSA) is 87.3 Å². The largest absolute Gasteiger partial charge is 0.493 e. The van der Waals surface area contributed by atoms with E-state index >= 15 is 0 Å². The molecule has 176 valence electrons. The summed E-state index contributed by atoms with van der Waals surface area (Å²) in [6.07, 6.45) is 1.41. The minimum Gasteiger partial charge on any atom is -0.493 e. The molecule has 2 unspecified atom stereocenters. The molecule has 0 spiro atoms. The van der Waals surface area contributed by atoms with E-state index in [1.807, 2.05) is 0 Å². The van der Waals surface area contributed by atoms with Crippen molar-refractivity contribution >= 4 is 17.2 Å². The van der Waals surface area contributed by atoms with E-state index in [4.69, 9.17) is 25.8 Å². The molecular formula is C23H18ClF2N3O5. The number of aliphatic hydroxyl groups is 1. The van der Waals surface area contributed by atoms with Gasteiger partial charge in [-0.05, 0) is 35.4 Å². The van der Waals surface area contributed by atoms with Gasteiger partial charge in [0.1, 0.15) is 18.5 Å². The maximum Gasteiger partial charge on any atom is 0.387 e. The summed E-state index contributed by atoms with van der Waals surface area (Å²) < 4.78 is 48.2. The highest BCUT2D eigenvalue weighted by Gasteiger charge is 2.29. The lowest BCUT2D eigenvalue weighted by Gasteiger charge is -2.29. The van der Waals surface area contributed by atoms with Gasteiger partial charge in [0, 0.05) is 6.07 Å². The van der Waals surface area contributed by atoms with Crippen LogP contribution in [0.25, 0.3) is 5.65 Å². The quantitative estimate of drug-likeness (QED) is 0.424. The van der Waals surface area contributed by atoms with Crippen LogP contribution >= 0.6 is 11.6 Å². The molecule has 0 amide bonds. The molecule has 0 fully saturated rings. The molecule has 1 aliphatic rings. The summed E-state index contributed by atoms with van der Waals surface area (Å²) >= 11 is 5.97. The van der Waals surface area contributed by atoms with E-state index in [1.54, 1.807) is 30.3 Å². The fourth-order valence-electron chi connectivity index (χ4n) is 3.73.